The fourth-order valence-electron chi connectivity index (χ4n) is 2.04. The van der Waals surface area contributed by atoms with E-state index in [0.717, 1.165) is 25.1 Å². The molecule has 2 N–H and O–H groups in total. The van der Waals surface area contributed by atoms with E-state index in [1.54, 1.807) is 29.4 Å². The molecule has 2 heterocycles. The van der Waals surface area contributed by atoms with Gasteiger partial charge in [-0.25, -0.2) is 4.79 Å². The number of amides is 2. The number of urea groups is 1. The first-order chi connectivity index (χ1) is 8.29. The zero-order valence-corrected chi connectivity index (χ0v) is 9.67. The molecule has 0 saturated carbocycles. The Morgan fingerprint density at radius 2 is 2.29 bits per heavy atom. The number of aliphatic hydroxyl groups excluding tert-OH is 1. The molecule has 2 amide bonds. The Morgan fingerprint density at radius 1 is 1.53 bits per heavy atom. The fraction of sp³-hybridized carbons (Fsp3) is 0.500. The number of likely N-dealkylation sites (tertiary alicyclic amines) is 1. The number of anilines is 1. The summed E-state index contributed by atoms with van der Waals surface area (Å²) in [5, 5.41) is 11.9. The van der Waals surface area contributed by atoms with Crippen LogP contribution in [0.2, 0.25) is 0 Å². The van der Waals surface area contributed by atoms with Crippen LogP contribution in [0.5, 0.6) is 0 Å². The summed E-state index contributed by atoms with van der Waals surface area (Å²) in [5.41, 5.74) is 0.746. The summed E-state index contributed by atoms with van der Waals surface area (Å²) in [6.07, 6.45) is 5.23. The van der Waals surface area contributed by atoms with Gasteiger partial charge in [-0.3, -0.25) is 4.98 Å². The molecule has 1 aliphatic rings. The van der Waals surface area contributed by atoms with Crippen molar-refractivity contribution in [2.45, 2.75) is 12.8 Å². The summed E-state index contributed by atoms with van der Waals surface area (Å²) < 4.78 is 0. The second-order valence-corrected chi connectivity index (χ2v) is 4.30. The van der Waals surface area contributed by atoms with Crippen molar-refractivity contribution >= 4 is 11.7 Å². The molecule has 1 unspecified atom stereocenters. The molecule has 0 aliphatic carbocycles. The van der Waals surface area contributed by atoms with Crippen LogP contribution in [-0.2, 0) is 0 Å². The summed E-state index contributed by atoms with van der Waals surface area (Å²) in [4.78, 5) is 17.6. The Morgan fingerprint density at radius 3 is 3.00 bits per heavy atom. The molecule has 0 bridgehead atoms. The van der Waals surface area contributed by atoms with Crippen LogP contribution in [0, 0.1) is 5.92 Å². The number of aromatic nitrogens is 1. The van der Waals surface area contributed by atoms with E-state index in [1.807, 2.05) is 0 Å². The highest BCUT2D eigenvalue weighted by molar-refractivity contribution is 5.89. The van der Waals surface area contributed by atoms with Crippen molar-refractivity contribution in [1.82, 2.24) is 9.88 Å². The normalized spacial score (nSPS) is 20.1. The standard InChI is InChI=1S/C12H17N3O2/c16-9-10-2-1-7-15(8-10)12(17)14-11-3-5-13-6-4-11/h3-6,10,16H,1-2,7-9H2,(H,13,14,17). The molecule has 5 heteroatoms. The highest BCUT2D eigenvalue weighted by Gasteiger charge is 2.22. The predicted octanol–water partition coefficient (Wildman–Crippen LogP) is 1.32. The van der Waals surface area contributed by atoms with Gasteiger partial charge in [0.15, 0.2) is 0 Å². The minimum absolute atomic E-state index is 0.102. The molecule has 1 aliphatic heterocycles. The highest BCUT2D eigenvalue weighted by atomic mass is 16.3. The molecule has 0 aromatic carbocycles. The molecule has 0 radical (unpaired) electrons. The molecule has 1 atom stereocenters. The lowest BCUT2D eigenvalue weighted by atomic mass is 9.99. The molecule has 2 rings (SSSR count). The first-order valence-electron chi connectivity index (χ1n) is 5.86. The van der Waals surface area contributed by atoms with Crippen molar-refractivity contribution in [3.05, 3.63) is 24.5 Å². The smallest absolute Gasteiger partial charge is 0.321 e. The van der Waals surface area contributed by atoms with Gasteiger partial charge in [0, 0.05) is 37.8 Å². The van der Waals surface area contributed by atoms with E-state index >= 15 is 0 Å². The van der Waals surface area contributed by atoms with Gasteiger partial charge in [0.05, 0.1) is 0 Å². The van der Waals surface area contributed by atoms with E-state index < -0.39 is 0 Å². The number of aliphatic hydroxyl groups is 1. The van der Waals surface area contributed by atoms with Crippen LogP contribution in [0.15, 0.2) is 24.5 Å². The van der Waals surface area contributed by atoms with Crippen molar-refractivity contribution in [2.75, 3.05) is 25.0 Å². The van der Waals surface area contributed by atoms with Gasteiger partial charge in [0.1, 0.15) is 0 Å². The minimum atomic E-state index is -0.102. The lowest BCUT2D eigenvalue weighted by Crippen LogP contribution is -2.43. The van der Waals surface area contributed by atoms with Gasteiger partial charge in [0.2, 0.25) is 0 Å². The van der Waals surface area contributed by atoms with Gasteiger partial charge in [-0.15, -0.1) is 0 Å². The van der Waals surface area contributed by atoms with Crippen LogP contribution in [0.25, 0.3) is 0 Å². The maximum absolute atomic E-state index is 11.9. The number of nitrogens with zero attached hydrogens (tertiary/aromatic N) is 2. The molecule has 17 heavy (non-hydrogen) atoms. The molecular formula is C12H17N3O2. The number of nitrogens with one attached hydrogen (secondary N) is 1. The summed E-state index contributed by atoms with van der Waals surface area (Å²) >= 11 is 0. The quantitative estimate of drug-likeness (QED) is 0.812. The Bertz CT molecular complexity index is 369. The monoisotopic (exact) mass is 235 g/mol. The van der Waals surface area contributed by atoms with Gasteiger partial charge in [-0.1, -0.05) is 0 Å². The summed E-state index contributed by atoms with van der Waals surface area (Å²) in [7, 11) is 0. The highest BCUT2D eigenvalue weighted by Crippen LogP contribution is 2.16. The maximum atomic E-state index is 11.9. The molecule has 1 aromatic rings. The first-order valence-corrected chi connectivity index (χ1v) is 5.86. The topological polar surface area (TPSA) is 65.5 Å². The van der Waals surface area contributed by atoms with Crippen molar-refractivity contribution < 1.29 is 9.90 Å². The number of hydrogen-bond donors (Lipinski definition) is 2. The number of carbonyl (C=O) groups is 1. The number of carbonyl (C=O) groups excluding carboxylic acids is 1. The molecule has 1 aromatic heterocycles. The van der Waals surface area contributed by atoms with Crippen molar-refractivity contribution in [3.8, 4) is 0 Å². The van der Waals surface area contributed by atoms with Crippen molar-refractivity contribution in [3.63, 3.8) is 0 Å². The third kappa shape index (κ3) is 3.17. The Balaban J connectivity index is 1.91. The van der Waals surface area contributed by atoms with Gasteiger partial charge >= 0.3 is 6.03 Å². The Labute approximate surface area is 100 Å². The minimum Gasteiger partial charge on any atom is -0.396 e. The largest absolute Gasteiger partial charge is 0.396 e. The lowest BCUT2D eigenvalue weighted by Gasteiger charge is -2.31. The van der Waals surface area contributed by atoms with Gasteiger partial charge in [-0.05, 0) is 30.9 Å². The van der Waals surface area contributed by atoms with E-state index in [1.165, 1.54) is 0 Å². The third-order valence-electron chi connectivity index (χ3n) is 3.00. The molecule has 1 saturated heterocycles. The fourth-order valence-corrected chi connectivity index (χ4v) is 2.04. The van der Waals surface area contributed by atoms with Crippen molar-refractivity contribution in [2.24, 2.45) is 5.92 Å². The van der Waals surface area contributed by atoms with E-state index in [-0.39, 0.29) is 18.6 Å². The van der Waals surface area contributed by atoms with E-state index in [2.05, 4.69) is 10.3 Å². The second-order valence-electron chi connectivity index (χ2n) is 4.30. The molecule has 1 fully saturated rings. The number of piperidine rings is 1. The number of pyridine rings is 1. The average molecular weight is 235 g/mol. The van der Waals surface area contributed by atoms with Crippen LogP contribution in [0.4, 0.5) is 10.5 Å². The predicted molar refractivity (Wildman–Crippen MR) is 64.6 cm³/mol. The molecule has 5 nitrogen and oxygen atoms in total. The Hall–Kier alpha value is -1.62. The average Bonchev–Trinajstić information content (AvgIpc) is 2.40. The number of hydrogen-bond acceptors (Lipinski definition) is 3. The zero-order chi connectivity index (χ0) is 12.1. The van der Waals surface area contributed by atoms with Crippen LogP contribution in [0.3, 0.4) is 0 Å². The van der Waals surface area contributed by atoms with Crippen LogP contribution in [0.1, 0.15) is 12.8 Å². The summed E-state index contributed by atoms with van der Waals surface area (Å²) in [6.45, 7) is 1.54. The van der Waals surface area contributed by atoms with E-state index in [9.17, 15) is 4.79 Å². The summed E-state index contributed by atoms with van der Waals surface area (Å²) in [5.74, 6) is 0.215. The zero-order valence-electron chi connectivity index (χ0n) is 9.67. The third-order valence-corrected chi connectivity index (χ3v) is 3.00. The Kier molecular flexibility index (Phi) is 3.93. The molecule has 0 spiro atoms. The maximum Gasteiger partial charge on any atom is 0.321 e. The van der Waals surface area contributed by atoms with Gasteiger partial charge in [0.25, 0.3) is 0 Å². The van der Waals surface area contributed by atoms with Crippen molar-refractivity contribution in [1.29, 1.82) is 0 Å². The van der Waals surface area contributed by atoms with Crippen LogP contribution >= 0.6 is 0 Å². The first kappa shape index (κ1) is 11.9. The van der Waals surface area contributed by atoms with E-state index in [0.29, 0.717) is 6.54 Å². The molecular weight excluding hydrogens is 218 g/mol. The van der Waals surface area contributed by atoms with Crippen LogP contribution in [-0.4, -0.2) is 40.7 Å². The summed E-state index contributed by atoms with van der Waals surface area (Å²) in [6, 6.07) is 3.41. The van der Waals surface area contributed by atoms with Crippen LogP contribution < -0.4 is 5.32 Å². The van der Waals surface area contributed by atoms with E-state index in [4.69, 9.17) is 5.11 Å². The second kappa shape index (κ2) is 5.63. The SMILES string of the molecule is O=C(Nc1ccncc1)N1CCCC(CO)C1. The van der Waals surface area contributed by atoms with Gasteiger partial charge in [-0.2, -0.15) is 0 Å². The lowest BCUT2D eigenvalue weighted by molar-refractivity contribution is 0.136. The number of rotatable bonds is 2. The van der Waals surface area contributed by atoms with Gasteiger partial charge < -0.3 is 15.3 Å². The molecule has 92 valence electrons.